The zero-order chi connectivity index (χ0) is 12.1. The molecule has 0 aliphatic carbocycles. The van der Waals surface area contributed by atoms with E-state index in [-0.39, 0.29) is 23.9 Å². The Balaban J connectivity index is 2.70. The molecule has 0 bridgehead atoms. The lowest BCUT2D eigenvalue weighted by Gasteiger charge is -2.10. The van der Waals surface area contributed by atoms with E-state index in [1.165, 1.54) is 6.07 Å². The average Bonchev–Trinajstić information content (AvgIpc) is 2.29. The first kappa shape index (κ1) is 13.3. The third kappa shape index (κ3) is 3.39. The summed E-state index contributed by atoms with van der Waals surface area (Å²) in [5, 5.41) is 3.05. The van der Waals surface area contributed by atoms with Gasteiger partial charge in [-0.3, -0.25) is 4.79 Å². The van der Waals surface area contributed by atoms with E-state index in [4.69, 9.17) is 0 Å². The number of carbonyl (C=O) groups excluding carboxylic acids is 1. The first-order valence-corrected chi connectivity index (χ1v) is 6.06. The molecule has 2 nitrogen and oxygen atoms in total. The van der Waals surface area contributed by atoms with Crippen molar-refractivity contribution in [3.05, 3.63) is 34.1 Å². The third-order valence-electron chi connectivity index (χ3n) is 2.48. The molecule has 0 fully saturated rings. The average molecular weight is 288 g/mol. The van der Waals surface area contributed by atoms with Crippen molar-refractivity contribution in [3.63, 3.8) is 0 Å². The number of carbonyl (C=O) groups is 1. The summed E-state index contributed by atoms with van der Waals surface area (Å²) >= 11 is 3.06. The fourth-order valence-electron chi connectivity index (χ4n) is 1.23. The molecule has 1 aromatic rings. The molecule has 0 aliphatic rings. The molecule has 1 rings (SSSR count). The van der Waals surface area contributed by atoms with E-state index in [1.54, 1.807) is 12.1 Å². The van der Waals surface area contributed by atoms with Gasteiger partial charge in [-0.25, -0.2) is 4.39 Å². The van der Waals surface area contributed by atoms with Crippen LogP contribution < -0.4 is 5.32 Å². The minimum atomic E-state index is -0.488. The van der Waals surface area contributed by atoms with Crippen LogP contribution in [0, 0.1) is 5.82 Å². The van der Waals surface area contributed by atoms with Crippen molar-refractivity contribution in [2.75, 3.05) is 6.54 Å². The summed E-state index contributed by atoms with van der Waals surface area (Å²) in [6.07, 6.45) is 0.939. The van der Waals surface area contributed by atoms with Crippen LogP contribution in [0.5, 0.6) is 0 Å². The van der Waals surface area contributed by atoms with Crippen LogP contribution in [0.3, 0.4) is 0 Å². The van der Waals surface area contributed by atoms with Crippen molar-refractivity contribution in [1.29, 1.82) is 0 Å². The topological polar surface area (TPSA) is 29.1 Å². The van der Waals surface area contributed by atoms with Crippen LogP contribution in [0.2, 0.25) is 0 Å². The number of hydrogen-bond acceptors (Lipinski definition) is 2. The van der Waals surface area contributed by atoms with Crippen LogP contribution in [0.4, 0.5) is 4.39 Å². The molecular formula is C12H15BrFNO. The number of ketones is 1. The van der Waals surface area contributed by atoms with Crippen molar-refractivity contribution in [2.24, 2.45) is 0 Å². The fraction of sp³-hybridized carbons (Fsp3) is 0.417. The summed E-state index contributed by atoms with van der Waals surface area (Å²) in [7, 11) is 0. The Bertz CT molecular complexity index is 381. The lowest BCUT2D eigenvalue weighted by molar-refractivity contribution is 0.0983. The highest BCUT2D eigenvalue weighted by Crippen LogP contribution is 2.18. The molecular weight excluding hydrogens is 273 g/mol. The minimum Gasteiger partial charge on any atom is -0.307 e. The number of rotatable bonds is 5. The maximum atomic E-state index is 13.6. The molecule has 1 atom stereocenters. The van der Waals surface area contributed by atoms with Crippen LogP contribution in [-0.4, -0.2) is 18.4 Å². The van der Waals surface area contributed by atoms with Crippen molar-refractivity contribution >= 4 is 21.7 Å². The van der Waals surface area contributed by atoms with Crippen molar-refractivity contribution in [2.45, 2.75) is 26.3 Å². The SMILES string of the molecule is CCC(C)NCC(=O)c1cccc(Br)c1F. The van der Waals surface area contributed by atoms with Gasteiger partial charge in [-0.15, -0.1) is 0 Å². The summed E-state index contributed by atoms with van der Waals surface area (Å²) < 4.78 is 13.9. The normalized spacial score (nSPS) is 12.5. The molecule has 0 aromatic heterocycles. The smallest absolute Gasteiger partial charge is 0.179 e. The largest absolute Gasteiger partial charge is 0.307 e. The molecule has 0 amide bonds. The fourth-order valence-corrected chi connectivity index (χ4v) is 1.59. The molecule has 0 saturated heterocycles. The third-order valence-corrected chi connectivity index (χ3v) is 3.09. The number of nitrogens with one attached hydrogen (secondary N) is 1. The summed E-state index contributed by atoms with van der Waals surface area (Å²) in [5.41, 5.74) is 0.130. The maximum Gasteiger partial charge on any atom is 0.179 e. The minimum absolute atomic E-state index is 0.130. The van der Waals surface area contributed by atoms with E-state index in [0.29, 0.717) is 4.47 Å². The number of halogens is 2. The molecule has 0 spiro atoms. The molecule has 1 unspecified atom stereocenters. The maximum absolute atomic E-state index is 13.6. The molecule has 4 heteroatoms. The first-order valence-electron chi connectivity index (χ1n) is 5.26. The predicted octanol–water partition coefficient (Wildman–Crippen LogP) is 3.16. The zero-order valence-corrected chi connectivity index (χ0v) is 11.0. The lowest BCUT2D eigenvalue weighted by atomic mass is 10.1. The number of Topliss-reactive ketones (excluding diaryl/α,β-unsaturated/α-hetero) is 1. The van der Waals surface area contributed by atoms with Gasteiger partial charge in [0.15, 0.2) is 5.78 Å². The summed E-state index contributed by atoms with van der Waals surface area (Å²) in [5.74, 6) is -0.711. The van der Waals surface area contributed by atoms with Gasteiger partial charge in [0.05, 0.1) is 16.6 Å². The lowest BCUT2D eigenvalue weighted by Crippen LogP contribution is -2.31. The Morgan fingerprint density at radius 3 is 2.88 bits per heavy atom. The molecule has 1 N–H and O–H groups in total. The monoisotopic (exact) mass is 287 g/mol. The highest BCUT2D eigenvalue weighted by Gasteiger charge is 2.13. The zero-order valence-electron chi connectivity index (χ0n) is 9.39. The Kier molecular flexibility index (Phi) is 5.09. The number of benzene rings is 1. The molecule has 0 saturated carbocycles. The molecule has 16 heavy (non-hydrogen) atoms. The van der Waals surface area contributed by atoms with Crippen molar-refractivity contribution in [1.82, 2.24) is 5.32 Å². The predicted molar refractivity (Wildman–Crippen MR) is 66.2 cm³/mol. The van der Waals surface area contributed by atoms with Crippen molar-refractivity contribution in [3.8, 4) is 0 Å². The second-order valence-corrected chi connectivity index (χ2v) is 4.57. The van der Waals surface area contributed by atoms with Crippen LogP contribution >= 0.6 is 15.9 Å². The van der Waals surface area contributed by atoms with E-state index in [0.717, 1.165) is 6.42 Å². The van der Waals surface area contributed by atoms with E-state index in [2.05, 4.69) is 21.2 Å². The van der Waals surface area contributed by atoms with Gasteiger partial charge in [-0.1, -0.05) is 13.0 Å². The molecule has 88 valence electrons. The second-order valence-electron chi connectivity index (χ2n) is 3.71. The Hall–Kier alpha value is -0.740. The van der Waals surface area contributed by atoms with Crippen molar-refractivity contribution < 1.29 is 9.18 Å². The van der Waals surface area contributed by atoms with Gasteiger partial charge in [0.25, 0.3) is 0 Å². The van der Waals surface area contributed by atoms with Crippen LogP contribution in [0.25, 0.3) is 0 Å². The number of hydrogen-bond donors (Lipinski definition) is 1. The van der Waals surface area contributed by atoms with Gasteiger partial charge in [0, 0.05) is 6.04 Å². The van der Waals surface area contributed by atoms with Gasteiger partial charge in [-0.05, 0) is 41.4 Å². The van der Waals surface area contributed by atoms with Gasteiger partial charge in [-0.2, -0.15) is 0 Å². The molecule has 0 heterocycles. The summed E-state index contributed by atoms with van der Waals surface area (Å²) in [6.45, 7) is 4.19. The standard InChI is InChI=1S/C12H15BrFNO/c1-3-8(2)15-7-11(16)9-5-4-6-10(13)12(9)14/h4-6,8,15H,3,7H2,1-2H3. The van der Waals surface area contributed by atoms with Crippen LogP contribution in [0.1, 0.15) is 30.6 Å². The Morgan fingerprint density at radius 1 is 1.56 bits per heavy atom. The Labute approximate surface area is 103 Å². The van der Waals surface area contributed by atoms with Crippen LogP contribution in [-0.2, 0) is 0 Å². The van der Waals surface area contributed by atoms with Gasteiger partial charge in [0.2, 0.25) is 0 Å². The van der Waals surface area contributed by atoms with Crippen LogP contribution in [0.15, 0.2) is 22.7 Å². The molecule has 1 aromatic carbocycles. The van der Waals surface area contributed by atoms with E-state index in [9.17, 15) is 9.18 Å². The highest BCUT2D eigenvalue weighted by molar-refractivity contribution is 9.10. The molecule has 0 aliphatic heterocycles. The molecule has 0 radical (unpaired) electrons. The van der Waals surface area contributed by atoms with E-state index >= 15 is 0 Å². The first-order chi connectivity index (χ1) is 7.56. The second kappa shape index (κ2) is 6.11. The van der Waals surface area contributed by atoms with E-state index < -0.39 is 5.82 Å². The van der Waals surface area contributed by atoms with Gasteiger partial charge < -0.3 is 5.32 Å². The summed E-state index contributed by atoms with van der Waals surface area (Å²) in [4.78, 5) is 11.7. The summed E-state index contributed by atoms with van der Waals surface area (Å²) in [6, 6.07) is 5.00. The quantitative estimate of drug-likeness (QED) is 0.843. The highest BCUT2D eigenvalue weighted by atomic mass is 79.9. The Morgan fingerprint density at radius 2 is 2.25 bits per heavy atom. The van der Waals surface area contributed by atoms with Gasteiger partial charge in [0.1, 0.15) is 5.82 Å². The van der Waals surface area contributed by atoms with E-state index in [1.807, 2.05) is 13.8 Å². The van der Waals surface area contributed by atoms with Gasteiger partial charge >= 0.3 is 0 Å².